The van der Waals surface area contributed by atoms with Gasteiger partial charge in [0.1, 0.15) is 5.03 Å². The van der Waals surface area contributed by atoms with Crippen molar-refractivity contribution in [1.82, 2.24) is 15.2 Å². The first kappa shape index (κ1) is 13.3. The lowest BCUT2D eigenvalue weighted by molar-refractivity contribution is 0.318. The Hall–Kier alpha value is -2.09. The van der Waals surface area contributed by atoms with Gasteiger partial charge in [-0.05, 0) is 37.2 Å². The number of pyridine rings is 1. The number of aryl methyl sites for hydroxylation is 3. The SMILES string of the molecule is Cc1cc(C)c(C(N)=NO)c(Sc2nnc(C)o2)n1. The zero-order valence-corrected chi connectivity index (χ0v) is 11.5. The van der Waals surface area contributed by atoms with E-state index in [4.69, 9.17) is 15.4 Å². The Kier molecular flexibility index (Phi) is 3.70. The maximum Gasteiger partial charge on any atom is 0.282 e. The minimum absolute atomic E-state index is 0.00346. The summed E-state index contributed by atoms with van der Waals surface area (Å²) in [5, 5.41) is 20.4. The molecule has 2 rings (SSSR count). The fourth-order valence-electron chi connectivity index (χ4n) is 1.64. The molecule has 0 fully saturated rings. The van der Waals surface area contributed by atoms with E-state index in [1.54, 1.807) is 6.92 Å². The van der Waals surface area contributed by atoms with Crippen LogP contribution in [0.1, 0.15) is 22.7 Å². The molecule has 0 aliphatic rings. The maximum atomic E-state index is 8.85. The molecule has 19 heavy (non-hydrogen) atoms. The Morgan fingerprint density at radius 3 is 2.68 bits per heavy atom. The molecule has 0 aliphatic heterocycles. The van der Waals surface area contributed by atoms with E-state index >= 15 is 0 Å². The number of rotatable bonds is 3. The molecular formula is C11H13N5O2S. The Morgan fingerprint density at radius 2 is 2.11 bits per heavy atom. The molecule has 0 aromatic carbocycles. The van der Waals surface area contributed by atoms with Gasteiger partial charge in [0.25, 0.3) is 5.22 Å². The highest BCUT2D eigenvalue weighted by molar-refractivity contribution is 7.99. The van der Waals surface area contributed by atoms with Crippen molar-refractivity contribution in [3.63, 3.8) is 0 Å². The number of nitrogens with two attached hydrogens (primary N) is 1. The normalized spacial score (nSPS) is 11.8. The van der Waals surface area contributed by atoms with Crippen LogP contribution in [0.15, 0.2) is 25.9 Å². The zero-order valence-electron chi connectivity index (χ0n) is 10.7. The second kappa shape index (κ2) is 5.27. The number of nitrogens with zero attached hydrogens (tertiary/aromatic N) is 4. The second-order valence-corrected chi connectivity index (χ2v) is 4.88. The first-order valence-corrected chi connectivity index (χ1v) is 6.27. The van der Waals surface area contributed by atoms with Crippen LogP contribution in [-0.4, -0.2) is 26.2 Å². The number of aromatic nitrogens is 3. The zero-order chi connectivity index (χ0) is 14.0. The van der Waals surface area contributed by atoms with Crippen LogP contribution in [0.3, 0.4) is 0 Å². The van der Waals surface area contributed by atoms with Gasteiger partial charge in [-0.15, -0.1) is 10.2 Å². The van der Waals surface area contributed by atoms with Crippen LogP contribution in [0.4, 0.5) is 0 Å². The van der Waals surface area contributed by atoms with Gasteiger partial charge < -0.3 is 15.4 Å². The van der Waals surface area contributed by atoms with Crippen molar-refractivity contribution in [1.29, 1.82) is 0 Å². The lowest BCUT2D eigenvalue weighted by Crippen LogP contribution is -2.17. The monoisotopic (exact) mass is 279 g/mol. The average Bonchev–Trinajstić information content (AvgIpc) is 2.73. The van der Waals surface area contributed by atoms with Crippen LogP contribution < -0.4 is 5.73 Å². The minimum atomic E-state index is 0.00346. The molecule has 0 aliphatic carbocycles. The highest BCUT2D eigenvalue weighted by Gasteiger charge is 2.17. The molecule has 0 spiro atoms. The summed E-state index contributed by atoms with van der Waals surface area (Å²) >= 11 is 1.18. The number of hydrogen-bond acceptors (Lipinski definition) is 7. The van der Waals surface area contributed by atoms with Crippen molar-refractivity contribution in [3.8, 4) is 0 Å². The summed E-state index contributed by atoms with van der Waals surface area (Å²) in [4.78, 5) is 4.37. The van der Waals surface area contributed by atoms with Gasteiger partial charge in [0.15, 0.2) is 5.84 Å². The Morgan fingerprint density at radius 1 is 1.37 bits per heavy atom. The quantitative estimate of drug-likeness (QED) is 0.380. The molecule has 100 valence electrons. The van der Waals surface area contributed by atoms with Gasteiger partial charge in [-0.1, -0.05) is 5.16 Å². The summed E-state index contributed by atoms with van der Waals surface area (Å²) in [5.41, 5.74) is 7.94. The van der Waals surface area contributed by atoms with Gasteiger partial charge >= 0.3 is 0 Å². The van der Waals surface area contributed by atoms with Gasteiger partial charge in [0.05, 0.1) is 5.56 Å². The van der Waals surface area contributed by atoms with E-state index < -0.39 is 0 Å². The second-order valence-electron chi connectivity index (χ2n) is 3.93. The molecular weight excluding hydrogens is 266 g/mol. The van der Waals surface area contributed by atoms with Gasteiger partial charge in [-0.25, -0.2) is 4.98 Å². The number of hydrogen-bond donors (Lipinski definition) is 2. The van der Waals surface area contributed by atoms with Crippen molar-refractivity contribution >= 4 is 17.6 Å². The van der Waals surface area contributed by atoms with Gasteiger partial charge in [0, 0.05) is 12.6 Å². The van der Waals surface area contributed by atoms with Crippen LogP contribution in [0.2, 0.25) is 0 Å². The molecule has 0 saturated heterocycles. The van der Waals surface area contributed by atoms with E-state index in [0.717, 1.165) is 11.3 Å². The Balaban J connectivity index is 2.48. The summed E-state index contributed by atoms with van der Waals surface area (Å²) in [6.45, 7) is 5.44. The molecule has 0 atom stereocenters. The van der Waals surface area contributed by atoms with Crippen molar-refractivity contribution in [2.45, 2.75) is 31.0 Å². The molecule has 0 unspecified atom stereocenters. The molecule has 2 heterocycles. The summed E-state index contributed by atoms with van der Waals surface area (Å²) in [6.07, 6.45) is 0. The molecule has 0 radical (unpaired) electrons. The number of oxime groups is 1. The number of amidine groups is 1. The third-order valence-electron chi connectivity index (χ3n) is 2.37. The van der Waals surface area contributed by atoms with E-state index in [-0.39, 0.29) is 5.84 Å². The molecule has 2 aromatic heterocycles. The summed E-state index contributed by atoms with van der Waals surface area (Å²) in [5.74, 6) is 0.473. The van der Waals surface area contributed by atoms with E-state index in [0.29, 0.717) is 21.7 Å². The molecule has 8 heteroatoms. The summed E-state index contributed by atoms with van der Waals surface area (Å²) in [6, 6.07) is 1.86. The summed E-state index contributed by atoms with van der Waals surface area (Å²) < 4.78 is 5.29. The van der Waals surface area contributed by atoms with Crippen LogP contribution in [0.25, 0.3) is 0 Å². The molecule has 7 nitrogen and oxygen atoms in total. The van der Waals surface area contributed by atoms with Gasteiger partial charge in [0.2, 0.25) is 5.89 Å². The third-order valence-corrected chi connectivity index (χ3v) is 3.20. The Bertz CT molecular complexity index is 638. The van der Waals surface area contributed by atoms with Crippen LogP contribution in [0, 0.1) is 20.8 Å². The predicted octanol–water partition coefficient (Wildman–Crippen LogP) is 1.64. The third kappa shape index (κ3) is 2.84. The predicted molar refractivity (Wildman–Crippen MR) is 69.4 cm³/mol. The highest BCUT2D eigenvalue weighted by atomic mass is 32.2. The molecule has 0 amide bonds. The Labute approximate surface area is 113 Å². The fourth-order valence-corrected chi connectivity index (χ4v) is 2.61. The van der Waals surface area contributed by atoms with Crippen LogP contribution in [0.5, 0.6) is 0 Å². The van der Waals surface area contributed by atoms with Crippen molar-refractivity contribution in [2.24, 2.45) is 10.9 Å². The van der Waals surface area contributed by atoms with Crippen molar-refractivity contribution in [2.75, 3.05) is 0 Å². The topological polar surface area (TPSA) is 110 Å². The largest absolute Gasteiger partial charge is 0.416 e. The van der Waals surface area contributed by atoms with E-state index in [1.165, 1.54) is 11.8 Å². The highest BCUT2D eigenvalue weighted by Crippen LogP contribution is 2.29. The molecule has 0 bridgehead atoms. The lowest BCUT2D eigenvalue weighted by atomic mass is 10.1. The van der Waals surface area contributed by atoms with Crippen molar-refractivity contribution in [3.05, 3.63) is 28.8 Å². The van der Waals surface area contributed by atoms with E-state index in [9.17, 15) is 0 Å². The lowest BCUT2D eigenvalue weighted by Gasteiger charge is -2.09. The molecule has 3 N–H and O–H groups in total. The van der Waals surface area contributed by atoms with Crippen LogP contribution >= 0.6 is 11.8 Å². The van der Waals surface area contributed by atoms with Gasteiger partial charge in [-0.2, -0.15) is 0 Å². The standard InChI is InChI=1S/C11H13N5O2S/c1-5-4-6(2)13-10(8(5)9(12)16-17)19-11-15-14-7(3)18-11/h4,17H,1-3H3,(H2,12,16). The first-order chi connectivity index (χ1) is 9.01. The first-order valence-electron chi connectivity index (χ1n) is 5.45. The van der Waals surface area contributed by atoms with Gasteiger partial charge in [-0.3, -0.25) is 0 Å². The van der Waals surface area contributed by atoms with E-state index in [2.05, 4.69) is 20.3 Å². The molecule has 2 aromatic rings. The van der Waals surface area contributed by atoms with Crippen molar-refractivity contribution < 1.29 is 9.62 Å². The van der Waals surface area contributed by atoms with Crippen LogP contribution in [-0.2, 0) is 0 Å². The summed E-state index contributed by atoms with van der Waals surface area (Å²) in [7, 11) is 0. The maximum absolute atomic E-state index is 8.85. The molecule has 0 saturated carbocycles. The van der Waals surface area contributed by atoms with E-state index in [1.807, 2.05) is 19.9 Å². The smallest absolute Gasteiger partial charge is 0.282 e. The fraction of sp³-hybridized carbons (Fsp3) is 0.273. The average molecular weight is 279 g/mol. The minimum Gasteiger partial charge on any atom is -0.416 e.